The zero-order valence-electron chi connectivity index (χ0n) is 17.2. The van der Waals surface area contributed by atoms with E-state index in [-0.39, 0.29) is 24.1 Å². The number of carbonyl (C=O) groups excluding carboxylic acids is 3. The number of benzene rings is 1. The fourth-order valence-electron chi connectivity index (χ4n) is 4.81. The molecular weight excluding hydrogens is 396 g/mol. The third-order valence-electron chi connectivity index (χ3n) is 6.50. The summed E-state index contributed by atoms with van der Waals surface area (Å²) in [7, 11) is 0. The monoisotopic (exact) mass is 422 g/mol. The first-order valence-corrected chi connectivity index (χ1v) is 10.8. The highest BCUT2D eigenvalue weighted by Gasteiger charge is 2.39. The summed E-state index contributed by atoms with van der Waals surface area (Å²) in [4.78, 5) is 38.0. The number of aromatic amines is 1. The van der Waals surface area contributed by atoms with E-state index in [1.54, 1.807) is 4.90 Å². The van der Waals surface area contributed by atoms with Crippen molar-refractivity contribution in [2.75, 3.05) is 18.4 Å². The van der Waals surface area contributed by atoms with Gasteiger partial charge in [-0.05, 0) is 55.5 Å². The molecule has 1 unspecified atom stereocenters. The zero-order chi connectivity index (χ0) is 21.4. The highest BCUT2D eigenvalue weighted by atomic mass is 16.2. The largest absolute Gasteiger partial charge is 0.366 e. The SMILES string of the molecule is O=C1CCC(N2Cc3cc(CNc4[nH]ncc4C4CCNCC4)ccc3C2=O)C(=O)N1. The lowest BCUT2D eigenvalue weighted by atomic mass is 9.92. The number of hydrogen-bond donors (Lipinski definition) is 4. The summed E-state index contributed by atoms with van der Waals surface area (Å²) in [6.07, 6.45) is 4.75. The molecule has 31 heavy (non-hydrogen) atoms. The Hall–Kier alpha value is -3.20. The number of amides is 3. The van der Waals surface area contributed by atoms with Crippen molar-refractivity contribution in [3.63, 3.8) is 0 Å². The van der Waals surface area contributed by atoms with Gasteiger partial charge in [0.1, 0.15) is 11.9 Å². The van der Waals surface area contributed by atoms with Gasteiger partial charge in [-0.3, -0.25) is 24.8 Å². The minimum Gasteiger partial charge on any atom is -0.366 e. The average Bonchev–Trinajstić information content (AvgIpc) is 3.37. The number of imide groups is 1. The van der Waals surface area contributed by atoms with Crippen LogP contribution in [0.5, 0.6) is 0 Å². The summed E-state index contributed by atoms with van der Waals surface area (Å²) < 4.78 is 0. The molecule has 0 saturated carbocycles. The highest BCUT2D eigenvalue weighted by Crippen LogP contribution is 2.31. The molecule has 1 atom stereocenters. The number of nitrogens with zero attached hydrogens (tertiary/aromatic N) is 2. The van der Waals surface area contributed by atoms with Crippen molar-refractivity contribution in [3.05, 3.63) is 46.6 Å². The second-order valence-electron chi connectivity index (χ2n) is 8.47. The van der Waals surface area contributed by atoms with E-state index >= 15 is 0 Å². The molecule has 3 aliphatic heterocycles. The molecule has 1 aromatic heterocycles. The Morgan fingerprint density at radius 1 is 1.13 bits per heavy atom. The molecule has 0 spiro atoms. The zero-order valence-corrected chi connectivity index (χ0v) is 17.2. The van der Waals surface area contributed by atoms with Gasteiger partial charge < -0.3 is 15.5 Å². The average molecular weight is 422 g/mol. The second-order valence-corrected chi connectivity index (χ2v) is 8.47. The molecular formula is C22H26N6O3. The molecule has 5 rings (SSSR count). The van der Waals surface area contributed by atoms with Gasteiger partial charge in [-0.2, -0.15) is 5.10 Å². The molecule has 1 aromatic carbocycles. The van der Waals surface area contributed by atoms with Crippen LogP contribution in [0, 0.1) is 0 Å². The Balaban J connectivity index is 1.26. The predicted octanol–water partition coefficient (Wildman–Crippen LogP) is 1.25. The molecule has 0 aliphatic carbocycles. The maximum atomic E-state index is 12.8. The number of carbonyl (C=O) groups is 3. The number of rotatable bonds is 5. The van der Waals surface area contributed by atoms with Crippen LogP contribution in [0.25, 0.3) is 0 Å². The van der Waals surface area contributed by atoms with E-state index in [0.29, 0.717) is 31.0 Å². The van der Waals surface area contributed by atoms with E-state index < -0.39 is 6.04 Å². The summed E-state index contributed by atoms with van der Waals surface area (Å²) in [6, 6.07) is 5.21. The fraction of sp³-hybridized carbons (Fsp3) is 0.455. The minimum absolute atomic E-state index is 0.147. The van der Waals surface area contributed by atoms with Crippen molar-refractivity contribution in [1.29, 1.82) is 0 Å². The van der Waals surface area contributed by atoms with Crippen LogP contribution in [-0.4, -0.2) is 52.0 Å². The molecule has 3 amide bonds. The molecule has 4 heterocycles. The van der Waals surface area contributed by atoms with Gasteiger partial charge in [0.05, 0.1) is 6.20 Å². The third-order valence-corrected chi connectivity index (χ3v) is 6.50. The number of fused-ring (bicyclic) bond motifs is 1. The van der Waals surface area contributed by atoms with Crippen LogP contribution in [0.1, 0.15) is 58.6 Å². The lowest BCUT2D eigenvalue weighted by molar-refractivity contribution is -0.136. The first-order valence-electron chi connectivity index (χ1n) is 10.8. The van der Waals surface area contributed by atoms with Gasteiger partial charge in [0.2, 0.25) is 11.8 Å². The number of anilines is 1. The van der Waals surface area contributed by atoms with Crippen LogP contribution in [0.4, 0.5) is 5.82 Å². The molecule has 0 radical (unpaired) electrons. The number of aromatic nitrogens is 2. The first kappa shape index (κ1) is 19.7. The number of nitrogens with one attached hydrogen (secondary N) is 4. The Morgan fingerprint density at radius 3 is 2.77 bits per heavy atom. The Bertz CT molecular complexity index is 1030. The predicted molar refractivity (Wildman–Crippen MR) is 113 cm³/mol. The molecule has 4 N–H and O–H groups in total. The summed E-state index contributed by atoms with van der Waals surface area (Å²) in [5, 5.41) is 16.5. The Labute approximate surface area is 180 Å². The molecule has 3 aliphatic rings. The fourth-order valence-corrected chi connectivity index (χ4v) is 4.81. The van der Waals surface area contributed by atoms with Crippen LogP contribution < -0.4 is 16.0 Å². The van der Waals surface area contributed by atoms with Crippen LogP contribution in [-0.2, 0) is 22.7 Å². The number of piperidine rings is 2. The van der Waals surface area contributed by atoms with Crippen molar-refractivity contribution in [2.24, 2.45) is 0 Å². The molecule has 2 saturated heterocycles. The van der Waals surface area contributed by atoms with Crippen molar-refractivity contribution >= 4 is 23.5 Å². The smallest absolute Gasteiger partial charge is 0.255 e. The molecule has 2 aromatic rings. The number of H-pyrrole nitrogens is 1. The van der Waals surface area contributed by atoms with Gasteiger partial charge in [-0.25, -0.2) is 0 Å². The molecule has 0 bridgehead atoms. The summed E-state index contributed by atoms with van der Waals surface area (Å²) in [5.74, 6) is 0.645. The summed E-state index contributed by atoms with van der Waals surface area (Å²) in [5.41, 5.74) is 3.83. The quantitative estimate of drug-likeness (QED) is 0.539. The molecule has 9 nitrogen and oxygen atoms in total. The molecule has 9 heteroatoms. The maximum Gasteiger partial charge on any atom is 0.255 e. The van der Waals surface area contributed by atoms with Crippen LogP contribution >= 0.6 is 0 Å². The number of hydrogen-bond acceptors (Lipinski definition) is 6. The van der Waals surface area contributed by atoms with Gasteiger partial charge >= 0.3 is 0 Å². The maximum absolute atomic E-state index is 12.8. The van der Waals surface area contributed by atoms with E-state index in [4.69, 9.17) is 0 Å². The van der Waals surface area contributed by atoms with Crippen molar-refractivity contribution in [3.8, 4) is 0 Å². The van der Waals surface area contributed by atoms with Gasteiger partial charge in [0.15, 0.2) is 0 Å². The Kier molecular flexibility index (Phi) is 5.19. The Morgan fingerprint density at radius 2 is 1.97 bits per heavy atom. The highest BCUT2D eigenvalue weighted by molar-refractivity contribution is 6.05. The second kappa shape index (κ2) is 8.14. The van der Waals surface area contributed by atoms with Crippen LogP contribution in [0.3, 0.4) is 0 Å². The molecule has 2 fully saturated rings. The van der Waals surface area contributed by atoms with Crippen LogP contribution in [0.15, 0.2) is 24.4 Å². The van der Waals surface area contributed by atoms with Gasteiger partial charge in [-0.1, -0.05) is 12.1 Å². The van der Waals surface area contributed by atoms with Crippen molar-refractivity contribution in [2.45, 2.75) is 50.7 Å². The summed E-state index contributed by atoms with van der Waals surface area (Å²) in [6.45, 7) is 3.05. The van der Waals surface area contributed by atoms with Gasteiger partial charge in [0.25, 0.3) is 5.91 Å². The van der Waals surface area contributed by atoms with E-state index in [0.717, 1.165) is 42.9 Å². The third kappa shape index (κ3) is 3.81. The van der Waals surface area contributed by atoms with Crippen molar-refractivity contribution < 1.29 is 14.4 Å². The van der Waals surface area contributed by atoms with Crippen LogP contribution in [0.2, 0.25) is 0 Å². The minimum atomic E-state index is -0.586. The lowest BCUT2D eigenvalue weighted by Crippen LogP contribution is -2.52. The topological polar surface area (TPSA) is 119 Å². The van der Waals surface area contributed by atoms with E-state index in [1.807, 2.05) is 24.4 Å². The standard InChI is InChI=1S/C22H26N6O3/c29-19-4-3-18(21(30)26-19)28-12-15-9-13(1-2-16(15)22(28)31)10-24-20-17(11-25-27-20)14-5-7-23-8-6-14/h1-2,9,11,14,18,23H,3-8,10,12H2,(H2,24,25,27)(H,26,29,30). The van der Waals surface area contributed by atoms with E-state index in [9.17, 15) is 14.4 Å². The lowest BCUT2D eigenvalue weighted by Gasteiger charge is -2.29. The molecule has 162 valence electrons. The van der Waals surface area contributed by atoms with E-state index in [2.05, 4.69) is 26.1 Å². The summed E-state index contributed by atoms with van der Waals surface area (Å²) >= 11 is 0. The van der Waals surface area contributed by atoms with Crippen molar-refractivity contribution in [1.82, 2.24) is 25.7 Å². The van der Waals surface area contributed by atoms with E-state index in [1.165, 1.54) is 5.56 Å². The first-order chi connectivity index (χ1) is 15.1. The van der Waals surface area contributed by atoms with Gasteiger partial charge in [0, 0.05) is 30.6 Å². The van der Waals surface area contributed by atoms with Gasteiger partial charge in [-0.15, -0.1) is 0 Å². The normalized spacial score (nSPS) is 21.9.